The first-order valence-electron chi connectivity index (χ1n) is 20.9. The summed E-state index contributed by atoms with van der Waals surface area (Å²) in [5.74, 6) is 0. The predicted octanol–water partition coefficient (Wildman–Crippen LogP) is 15.6. The van der Waals surface area contributed by atoms with Crippen molar-refractivity contribution in [1.29, 1.82) is 0 Å². The third kappa shape index (κ3) is 5.60. The molecule has 0 fully saturated rings. The van der Waals surface area contributed by atoms with Crippen molar-refractivity contribution in [3.8, 4) is 44.5 Å². The highest BCUT2D eigenvalue weighted by atomic mass is 15.1. The molecular weight excluding hydrogens is 699 g/mol. The molecule has 0 aliphatic heterocycles. The zero-order valence-corrected chi connectivity index (χ0v) is 33.2. The lowest BCUT2D eigenvalue weighted by Crippen LogP contribution is -2.17. The lowest BCUT2D eigenvalue weighted by atomic mass is 9.81. The van der Waals surface area contributed by atoms with Gasteiger partial charge in [-0.25, -0.2) is 0 Å². The van der Waals surface area contributed by atoms with Gasteiger partial charge in [-0.05, 0) is 151 Å². The van der Waals surface area contributed by atoms with Crippen LogP contribution in [0.1, 0.15) is 48.9 Å². The minimum absolute atomic E-state index is 0.140. The number of rotatable bonds is 6. The fourth-order valence-corrected chi connectivity index (χ4v) is 10.1. The predicted molar refractivity (Wildman–Crippen MR) is 247 cm³/mol. The van der Waals surface area contributed by atoms with Crippen LogP contribution in [0.3, 0.4) is 0 Å². The van der Waals surface area contributed by atoms with Gasteiger partial charge in [0.25, 0.3) is 0 Å². The van der Waals surface area contributed by atoms with Gasteiger partial charge in [-0.3, -0.25) is 0 Å². The Labute approximate surface area is 341 Å². The molecule has 0 aromatic heterocycles. The fourth-order valence-electron chi connectivity index (χ4n) is 10.1. The first-order chi connectivity index (χ1) is 28.5. The van der Waals surface area contributed by atoms with Gasteiger partial charge in [-0.2, -0.15) is 0 Å². The number of aryl methyl sites for hydroxylation is 1. The van der Waals surface area contributed by atoms with E-state index in [9.17, 15) is 0 Å². The third-order valence-electron chi connectivity index (χ3n) is 13.1. The molecule has 1 nitrogen and oxygen atoms in total. The van der Waals surface area contributed by atoms with Gasteiger partial charge in [0.15, 0.2) is 0 Å². The molecule has 0 saturated heterocycles. The van der Waals surface area contributed by atoms with Crippen molar-refractivity contribution in [3.05, 3.63) is 210 Å². The van der Waals surface area contributed by atoms with E-state index < -0.39 is 0 Å². The highest BCUT2D eigenvalue weighted by Gasteiger charge is 2.37. The van der Waals surface area contributed by atoms with Crippen molar-refractivity contribution in [2.45, 2.75) is 44.9 Å². The summed E-state index contributed by atoms with van der Waals surface area (Å²) in [6.45, 7) is 4.76. The fraction of sp³-hybridized carbons (Fsp3) is 0.123. The van der Waals surface area contributed by atoms with E-state index in [2.05, 4.69) is 207 Å². The van der Waals surface area contributed by atoms with Crippen molar-refractivity contribution >= 4 is 38.6 Å². The Bertz CT molecular complexity index is 3010. The number of hydrogen-bond acceptors (Lipinski definition) is 1. The SMILES string of the molecule is CC1(C)c2ccccc2-c2cc(-c3ccc(-c4cccc5c4CCCC5)cc3)c(N(c3ccccc3)c3ccc(-c4cc5ccccc5c5ccccc45)cc3)cc21. The van der Waals surface area contributed by atoms with E-state index >= 15 is 0 Å². The van der Waals surface area contributed by atoms with Gasteiger partial charge in [0.2, 0.25) is 0 Å². The highest BCUT2D eigenvalue weighted by Crippen LogP contribution is 2.53. The lowest BCUT2D eigenvalue weighted by Gasteiger charge is -2.30. The second-order valence-corrected chi connectivity index (χ2v) is 16.7. The monoisotopic (exact) mass is 743 g/mol. The van der Waals surface area contributed by atoms with Crippen molar-refractivity contribution in [2.24, 2.45) is 0 Å². The minimum Gasteiger partial charge on any atom is -0.310 e. The van der Waals surface area contributed by atoms with E-state index in [4.69, 9.17) is 0 Å². The van der Waals surface area contributed by atoms with Crippen molar-refractivity contribution in [3.63, 3.8) is 0 Å². The van der Waals surface area contributed by atoms with E-state index in [1.54, 1.807) is 0 Å². The normalized spacial score (nSPS) is 13.9. The molecule has 0 saturated carbocycles. The first-order valence-corrected chi connectivity index (χ1v) is 20.9. The largest absolute Gasteiger partial charge is 0.310 e. The summed E-state index contributed by atoms with van der Waals surface area (Å²) in [4.78, 5) is 2.47. The topological polar surface area (TPSA) is 3.24 Å². The summed E-state index contributed by atoms with van der Waals surface area (Å²) in [6, 6.07) is 70.3. The summed E-state index contributed by atoms with van der Waals surface area (Å²) >= 11 is 0. The average molecular weight is 744 g/mol. The number of benzene rings is 9. The Morgan fingerprint density at radius 1 is 0.397 bits per heavy atom. The van der Waals surface area contributed by atoms with Gasteiger partial charge in [0, 0.05) is 22.4 Å². The number of hydrogen-bond donors (Lipinski definition) is 0. The van der Waals surface area contributed by atoms with Crippen LogP contribution in [-0.2, 0) is 18.3 Å². The molecule has 0 bridgehead atoms. The molecular formula is C57H45N. The van der Waals surface area contributed by atoms with Crippen LogP contribution in [0.25, 0.3) is 66.1 Å². The van der Waals surface area contributed by atoms with Gasteiger partial charge < -0.3 is 4.90 Å². The summed E-state index contributed by atoms with van der Waals surface area (Å²) < 4.78 is 0. The standard InChI is InChI=1S/C57H45N/c1-57(2)54-26-13-12-24-50(54)53-36-52(41-29-27-39(28-30-41)46-25-14-17-38-15-6-8-20-45(38)46)56(37-55(53)57)58(43-18-4-3-5-19-43)44-33-31-40(32-34-44)51-35-42-16-7-9-21-47(42)48-22-10-11-23-49(48)51/h3-5,7,9-14,16-19,21-37H,6,8,15,20H2,1-2H3. The highest BCUT2D eigenvalue weighted by molar-refractivity contribution is 6.13. The van der Waals surface area contributed by atoms with E-state index in [-0.39, 0.29) is 5.41 Å². The summed E-state index contributed by atoms with van der Waals surface area (Å²) in [5.41, 5.74) is 19.4. The van der Waals surface area contributed by atoms with Crippen molar-refractivity contribution < 1.29 is 0 Å². The number of anilines is 3. The maximum atomic E-state index is 2.49. The van der Waals surface area contributed by atoms with Crippen LogP contribution < -0.4 is 4.90 Å². The number of nitrogens with zero attached hydrogens (tertiary/aromatic N) is 1. The lowest BCUT2D eigenvalue weighted by molar-refractivity contribution is 0.660. The van der Waals surface area contributed by atoms with E-state index in [1.807, 2.05) is 0 Å². The molecule has 2 aliphatic rings. The Morgan fingerprint density at radius 2 is 1.00 bits per heavy atom. The quantitative estimate of drug-likeness (QED) is 0.153. The van der Waals surface area contributed by atoms with Gasteiger partial charge >= 0.3 is 0 Å². The molecule has 11 rings (SSSR count). The van der Waals surface area contributed by atoms with Gasteiger partial charge in [0.05, 0.1) is 5.69 Å². The van der Waals surface area contributed by atoms with E-state index in [1.165, 1.54) is 120 Å². The Hall–Kier alpha value is -6.70. The van der Waals surface area contributed by atoms with Crippen LogP contribution in [0, 0.1) is 0 Å². The van der Waals surface area contributed by atoms with Gasteiger partial charge in [-0.15, -0.1) is 0 Å². The van der Waals surface area contributed by atoms with Crippen LogP contribution in [0.4, 0.5) is 17.1 Å². The van der Waals surface area contributed by atoms with Crippen LogP contribution in [0.5, 0.6) is 0 Å². The van der Waals surface area contributed by atoms with Crippen LogP contribution in [-0.4, -0.2) is 0 Å². The van der Waals surface area contributed by atoms with Crippen LogP contribution in [0.15, 0.2) is 188 Å². The molecule has 0 amide bonds. The Kier molecular flexibility index (Phi) is 8.19. The maximum absolute atomic E-state index is 2.49. The van der Waals surface area contributed by atoms with E-state index in [0.717, 1.165) is 11.4 Å². The molecule has 1 heteroatoms. The molecule has 9 aromatic carbocycles. The van der Waals surface area contributed by atoms with Gasteiger partial charge in [-0.1, -0.05) is 159 Å². The molecule has 0 atom stereocenters. The second kappa shape index (κ2) is 13.7. The zero-order chi connectivity index (χ0) is 38.8. The molecule has 0 radical (unpaired) electrons. The van der Waals surface area contributed by atoms with Crippen molar-refractivity contribution in [2.75, 3.05) is 4.90 Å². The Morgan fingerprint density at radius 3 is 1.81 bits per heavy atom. The van der Waals surface area contributed by atoms with Gasteiger partial charge in [0.1, 0.15) is 0 Å². The molecule has 278 valence electrons. The summed E-state index contributed by atoms with van der Waals surface area (Å²) in [7, 11) is 0. The molecule has 0 N–H and O–H groups in total. The summed E-state index contributed by atoms with van der Waals surface area (Å²) in [5, 5.41) is 5.11. The summed E-state index contributed by atoms with van der Waals surface area (Å²) in [6.07, 6.45) is 4.91. The zero-order valence-electron chi connectivity index (χ0n) is 33.2. The molecule has 0 unspecified atom stereocenters. The third-order valence-corrected chi connectivity index (χ3v) is 13.1. The second-order valence-electron chi connectivity index (χ2n) is 16.7. The molecule has 0 spiro atoms. The van der Waals surface area contributed by atoms with E-state index in [0.29, 0.717) is 0 Å². The smallest absolute Gasteiger partial charge is 0.0543 e. The van der Waals surface area contributed by atoms with Crippen molar-refractivity contribution in [1.82, 2.24) is 0 Å². The maximum Gasteiger partial charge on any atom is 0.0543 e. The van der Waals surface area contributed by atoms with Crippen LogP contribution >= 0.6 is 0 Å². The number of para-hydroxylation sites is 1. The van der Waals surface area contributed by atoms with Crippen LogP contribution in [0.2, 0.25) is 0 Å². The molecule has 0 heterocycles. The molecule has 9 aromatic rings. The minimum atomic E-state index is -0.140. The average Bonchev–Trinajstić information content (AvgIpc) is 3.51. The molecule has 2 aliphatic carbocycles. The number of fused-ring (bicyclic) bond motifs is 7. The first kappa shape index (κ1) is 34.5. The molecule has 58 heavy (non-hydrogen) atoms. The Balaban J connectivity index is 1.09.